The summed E-state index contributed by atoms with van der Waals surface area (Å²) >= 11 is 0. The first-order chi connectivity index (χ1) is 8.75. The molecule has 0 aliphatic rings. The summed E-state index contributed by atoms with van der Waals surface area (Å²) in [6.45, 7) is 0.381. The summed E-state index contributed by atoms with van der Waals surface area (Å²) in [6, 6.07) is 16.9. The van der Waals surface area contributed by atoms with Gasteiger partial charge in [-0.15, -0.1) is 0 Å². The SMILES string of the molecule is NC(COc1ccccc1O)Cc1ccccc1. The maximum absolute atomic E-state index is 9.55. The van der Waals surface area contributed by atoms with Crippen molar-refractivity contribution < 1.29 is 9.84 Å². The molecule has 18 heavy (non-hydrogen) atoms. The molecule has 0 saturated carbocycles. The second kappa shape index (κ2) is 6.07. The summed E-state index contributed by atoms with van der Waals surface area (Å²) in [4.78, 5) is 0. The van der Waals surface area contributed by atoms with Crippen LogP contribution in [0.3, 0.4) is 0 Å². The molecule has 3 heteroatoms. The van der Waals surface area contributed by atoms with E-state index in [1.807, 2.05) is 36.4 Å². The molecule has 0 spiro atoms. The van der Waals surface area contributed by atoms with Crippen LogP contribution in [0.25, 0.3) is 0 Å². The molecule has 2 aromatic rings. The second-order valence-corrected chi connectivity index (χ2v) is 4.23. The maximum atomic E-state index is 9.55. The van der Waals surface area contributed by atoms with E-state index in [0.717, 1.165) is 6.42 Å². The molecule has 0 heterocycles. The molecule has 0 aliphatic carbocycles. The predicted molar refractivity (Wildman–Crippen MR) is 71.7 cm³/mol. The fraction of sp³-hybridized carbons (Fsp3) is 0.200. The third-order valence-corrected chi connectivity index (χ3v) is 2.66. The van der Waals surface area contributed by atoms with Crippen LogP contribution in [0.1, 0.15) is 5.56 Å². The van der Waals surface area contributed by atoms with Gasteiger partial charge in [0.05, 0.1) is 0 Å². The number of hydrogen-bond acceptors (Lipinski definition) is 3. The Hall–Kier alpha value is -2.00. The van der Waals surface area contributed by atoms with Crippen molar-refractivity contribution in [3.8, 4) is 11.5 Å². The van der Waals surface area contributed by atoms with E-state index in [9.17, 15) is 5.11 Å². The number of aromatic hydroxyl groups is 1. The van der Waals surface area contributed by atoms with Crippen molar-refractivity contribution in [1.29, 1.82) is 0 Å². The van der Waals surface area contributed by atoms with Gasteiger partial charge in [0.1, 0.15) is 6.61 Å². The summed E-state index contributed by atoms with van der Waals surface area (Å²) in [5, 5.41) is 9.55. The summed E-state index contributed by atoms with van der Waals surface area (Å²) in [6.07, 6.45) is 0.758. The van der Waals surface area contributed by atoms with Crippen molar-refractivity contribution in [1.82, 2.24) is 0 Å². The van der Waals surface area contributed by atoms with Gasteiger partial charge in [-0.25, -0.2) is 0 Å². The molecule has 2 aromatic carbocycles. The Morgan fingerprint density at radius 1 is 1.00 bits per heavy atom. The molecular formula is C15H17NO2. The number of phenolic OH excluding ortho intramolecular Hbond substituents is 1. The van der Waals surface area contributed by atoms with E-state index in [1.165, 1.54) is 5.56 Å². The van der Waals surface area contributed by atoms with Crippen molar-refractivity contribution in [2.75, 3.05) is 6.61 Å². The lowest BCUT2D eigenvalue weighted by Crippen LogP contribution is -2.30. The maximum Gasteiger partial charge on any atom is 0.160 e. The molecule has 94 valence electrons. The van der Waals surface area contributed by atoms with Crippen molar-refractivity contribution in [2.24, 2.45) is 5.73 Å². The fourth-order valence-electron chi connectivity index (χ4n) is 1.75. The van der Waals surface area contributed by atoms with Gasteiger partial charge >= 0.3 is 0 Å². The Balaban J connectivity index is 1.86. The van der Waals surface area contributed by atoms with Gasteiger partial charge in [-0.2, -0.15) is 0 Å². The number of benzene rings is 2. The molecule has 1 unspecified atom stereocenters. The van der Waals surface area contributed by atoms with E-state index in [1.54, 1.807) is 18.2 Å². The van der Waals surface area contributed by atoms with Crippen molar-refractivity contribution in [3.05, 3.63) is 60.2 Å². The zero-order chi connectivity index (χ0) is 12.8. The predicted octanol–water partition coefficient (Wildman–Crippen LogP) is 2.34. The Morgan fingerprint density at radius 2 is 1.67 bits per heavy atom. The van der Waals surface area contributed by atoms with Gasteiger partial charge in [-0.1, -0.05) is 42.5 Å². The minimum Gasteiger partial charge on any atom is -0.504 e. The number of ether oxygens (including phenoxy) is 1. The highest BCUT2D eigenvalue weighted by Gasteiger charge is 2.07. The lowest BCUT2D eigenvalue weighted by Gasteiger charge is -2.13. The number of hydrogen-bond donors (Lipinski definition) is 2. The van der Waals surface area contributed by atoms with Gasteiger partial charge in [-0.3, -0.25) is 0 Å². The second-order valence-electron chi connectivity index (χ2n) is 4.23. The van der Waals surface area contributed by atoms with E-state index in [2.05, 4.69) is 0 Å². The zero-order valence-electron chi connectivity index (χ0n) is 10.1. The zero-order valence-corrected chi connectivity index (χ0v) is 10.1. The van der Waals surface area contributed by atoms with Crippen molar-refractivity contribution in [3.63, 3.8) is 0 Å². The van der Waals surface area contributed by atoms with E-state index in [-0.39, 0.29) is 11.8 Å². The molecule has 0 radical (unpaired) electrons. The van der Waals surface area contributed by atoms with Crippen molar-refractivity contribution >= 4 is 0 Å². The van der Waals surface area contributed by atoms with Gasteiger partial charge in [0, 0.05) is 6.04 Å². The summed E-state index contributed by atoms with van der Waals surface area (Å²) in [7, 11) is 0. The minimum absolute atomic E-state index is 0.0907. The van der Waals surface area contributed by atoms with Gasteiger partial charge < -0.3 is 15.6 Å². The Labute approximate surface area is 107 Å². The number of phenols is 1. The van der Waals surface area contributed by atoms with Crippen LogP contribution in [0.4, 0.5) is 0 Å². The Kier molecular flexibility index (Phi) is 4.20. The third kappa shape index (κ3) is 3.50. The van der Waals surface area contributed by atoms with Crippen LogP contribution >= 0.6 is 0 Å². The lowest BCUT2D eigenvalue weighted by molar-refractivity contribution is 0.274. The largest absolute Gasteiger partial charge is 0.504 e. The first-order valence-corrected chi connectivity index (χ1v) is 5.96. The molecule has 1 atom stereocenters. The molecule has 3 N–H and O–H groups in total. The highest BCUT2D eigenvalue weighted by Crippen LogP contribution is 2.24. The van der Waals surface area contributed by atoms with Gasteiger partial charge in [-0.05, 0) is 24.1 Å². The van der Waals surface area contributed by atoms with E-state index in [4.69, 9.17) is 10.5 Å². The molecular weight excluding hydrogens is 226 g/mol. The Bertz CT molecular complexity index is 485. The van der Waals surface area contributed by atoms with E-state index < -0.39 is 0 Å². The highest BCUT2D eigenvalue weighted by atomic mass is 16.5. The van der Waals surface area contributed by atoms with E-state index in [0.29, 0.717) is 12.4 Å². The topological polar surface area (TPSA) is 55.5 Å². The summed E-state index contributed by atoms with van der Waals surface area (Å²) < 4.78 is 5.50. The van der Waals surface area contributed by atoms with Crippen LogP contribution in [-0.2, 0) is 6.42 Å². The van der Waals surface area contributed by atoms with Crippen LogP contribution in [0, 0.1) is 0 Å². The number of rotatable bonds is 5. The Morgan fingerprint density at radius 3 is 2.39 bits per heavy atom. The number of nitrogens with two attached hydrogens (primary N) is 1. The van der Waals surface area contributed by atoms with Crippen LogP contribution in [0.2, 0.25) is 0 Å². The average molecular weight is 243 g/mol. The van der Waals surface area contributed by atoms with E-state index >= 15 is 0 Å². The number of para-hydroxylation sites is 2. The van der Waals surface area contributed by atoms with Gasteiger partial charge in [0.25, 0.3) is 0 Å². The normalized spacial score (nSPS) is 12.1. The highest BCUT2D eigenvalue weighted by molar-refractivity contribution is 5.37. The van der Waals surface area contributed by atoms with Crippen LogP contribution < -0.4 is 10.5 Å². The molecule has 0 aliphatic heterocycles. The van der Waals surface area contributed by atoms with Gasteiger partial charge in [0.15, 0.2) is 11.5 Å². The van der Waals surface area contributed by atoms with Crippen molar-refractivity contribution in [2.45, 2.75) is 12.5 Å². The molecule has 0 fully saturated rings. The van der Waals surface area contributed by atoms with Crippen LogP contribution in [0.5, 0.6) is 11.5 Å². The summed E-state index contributed by atoms with van der Waals surface area (Å²) in [5.41, 5.74) is 7.18. The smallest absolute Gasteiger partial charge is 0.160 e. The van der Waals surface area contributed by atoms with Crippen LogP contribution in [-0.4, -0.2) is 17.8 Å². The lowest BCUT2D eigenvalue weighted by atomic mass is 10.1. The molecule has 0 saturated heterocycles. The average Bonchev–Trinajstić information content (AvgIpc) is 2.39. The molecule has 0 bridgehead atoms. The molecule has 0 amide bonds. The molecule has 0 aromatic heterocycles. The first kappa shape index (κ1) is 12.5. The molecule has 3 nitrogen and oxygen atoms in total. The monoisotopic (exact) mass is 243 g/mol. The van der Waals surface area contributed by atoms with Crippen LogP contribution in [0.15, 0.2) is 54.6 Å². The quantitative estimate of drug-likeness (QED) is 0.847. The summed E-state index contributed by atoms with van der Waals surface area (Å²) in [5.74, 6) is 0.616. The third-order valence-electron chi connectivity index (χ3n) is 2.66. The fourth-order valence-corrected chi connectivity index (χ4v) is 1.75. The molecule has 2 rings (SSSR count). The standard InChI is InChI=1S/C15H17NO2/c16-13(10-12-6-2-1-3-7-12)11-18-15-9-5-4-8-14(15)17/h1-9,13,17H,10-11,16H2. The van der Waals surface area contributed by atoms with Gasteiger partial charge in [0.2, 0.25) is 0 Å². The first-order valence-electron chi connectivity index (χ1n) is 5.96. The minimum atomic E-state index is -0.0907.